The standard InChI is InChI=1S/C44H36N8/c45-31-12-4-1-9-28(31)42-35-19-17-26(49-35)25-27-18-20-37(50-27)43(29-10-2-5-13-32(29)46)40-23-24-41(52(40)39-16-8-7-15-34(39)48)44(38-22-21-36(42)51-38)30-11-3-6-14-33(30)47/h1-25,49-51H,45-48H2. The number of nitrogens with one attached hydrogen (secondary N) is 3. The van der Waals surface area contributed by atoms with Gasteiger partial charge in [0.05, 0.1) is 22.1 Å². The summed E-state index contributed by atoms with van der Waals surface area (Å²) < 4.78 is 2.21. The number of para-hydroxylation sites is 5. The maximum atomic E-state index is 6.83. The van der Waals surface area contributed by atoms with Crippen LogP contribution in [0.1, 0.15) is 39.5 Å². The van der Waals surface area contributed by atoms with Crippen molar-refractivity contribution in [1.82, 2.24) is 19.5 Å². The van der Waals surface area contributed by atoms with Crippen LogP contribution in [-0.4, -0.2) is 19.5 Å². The smallest absolute Gasteiger partial charge is 0.0691 e. The molecule has 0 unspecified atom stereocenters. The second kappa shape index (κ2) is 12.2. The van der Waals surface area contributed by atoms with E-state index in [0.29, 0.717) is 22.7 Å². The lowest BCUT2D eigenvalue weighted by atomic mass is 10.00. The predicted octanol–water partition coefficient (Wildman–Crippen LogP) is 4.67. The van der Waals surface area contributed by atoms with Gasteiger partial charge in [0.1, 0.15) is 0 Å². The molecule has 4 aromatic heterocycles. The largest absolute Gasteiger partial charge is 0.398 e. The average Bonchev–Trinajstić information content (AvgIpc) is 3.98. The molecule has 8 nitrogen and oxygen atoms in total. The Morgan fingerprint density at radius 2 is 0.865 bits per heavy atom. The molecule has 0 fully saturated rings. The molecule has 4 aromatic carbocycles. The van der Waals surface area contributed by atoms with Crippen molar-refractivity contribution >= 4 is 45.5 Å². The van der Waals surface area contributed by atoms with Crippen LogP contribution in [0.2, 0.25) is 0 Å². The third-order valence-corrected chi connectivity index (χ3v) is 9.75. The van der Waals surface area contributed by atoms with Gasteiger partial charge in [-0.15, -0.1) is 0 Å². The highest BCUT2D eigenvalue weighted by molar-refractivity contribution is 5.89. The topological polar surface area (TPSA) is 156 Å². The fourth-order valence-electron chi connectivity index (χ4n) is 7.37. The normalized spacial score (nSPS) is 12.6. The minimum atomic E-state index is 0.626. The number of rotatable bonds is 4. The third-order valence-electron chi connectivity index (χ3n) is 9.75. The van der Waals surface area contributed by atoms with Gasteiger partial charge in [-0.3, -0.25) is 0 Å². The van der Waals surface area contributed by atoms with Crippen molar-refractivity contribution in [2.45, 2.75) is 0 Å². The molecule has 8 aromatic rings. The summed E-state index contributed by atoms with van der Waals surface area (Å²) in [7, 11) is 0. The minimum Gasteiger partial charge on any atom is -0.398 e. The first-order valence-electron chi connectivity index (χ1n) is 17.1. The number of benzene rings is 4. The van der Waals surface area contributed by atoms with Gasteiger partial charge in [0.25, 0.3) is 0 Å². The van der Waals surface area contributed by atoms with E-state index in [1.54, 1.807) is 0 Å². The van der Waals surface area contributed by atoms with Crippen molar-refractivity contribution in [2.75, 3.05) is 22.9 Å². The van der Waals surface area contributed by atoms with E-state index in [4.69, 9.17) is 22.9 Å². The lowest BCUT2D eigenvalue weighted by molar-refractivity contribution is 0.984. The number of aromatic amines is 3. The molecular formula is C44H36N8. The second-order valence-corrected chi connectivity index (χ2v) is 13.0. The first-order valence-corrected chi connectivity index (χ1v) is 17.1. The molecule has 1 aliphatic rings. The van der Waals surface area contributed by atoms with E-state index in [2.05, 4.69) is 86.3 Å². The molecule has 0 atom stereocenters. The van der Waals surface area contributed by atoms with E-state index >= 15 is 0 Å². The van der Waals surface area contributed by atoms with Crippen molar-refractivity contribution < 1.29 is 0 Å². The molecule has 9 rings (SSSR count). The molecule has 11 N–H and O–H groups in total. The maximum absolute atomic E-state index is 6.83. The number of aromatic nitrogens is 4. The monoisotopic (exact) mass is 676 g/mol. The lowest BCUT2D eigenvalue weighted by Gasteiger charge is -2.16. The van der Waals surface area contributed by atoms with Gasteiger partial charge < -0.3 is 42.5 Å². The van der Waals surface area contributed by atoms with Crippen molar-refractivity contribution in [3.63, 3.8) is 0 Å². The van der Waals surface area contributed by atoms with E-state index in [-0.39, 0.29) is 0 Å². The summed E-state index contributed by atoms with van der Waals surface area (Å²) in [6, 6.07) is 48.5. The molecule has 8 heteroatoms. The Morgan fingerprint density at radius 1 is 0.385 bits per heavy atom. The van der Waals surface area contributed by atoms with Crippen LogP contribution < -0.4 is 44.3 Å². The molecule has 0 spiro atoms. The molecule has 0 saturated heterocycles. The molecule has 0 saturated carbocycles. The zero-order chi connectivity index (χ0) is 35.3. The van der Waals surface area contributed by atoms with Gasteiger partial charge in [0.15, 0.2) is 0 Å². The number of nitrogens with two attached hydrogens (primary N) is 4. The maximum Gasteiger partial charge on any atom is 0.0691 e. The fraction of sp³-hybridized carbons (Fsp3) is 0. The number of H-pyrrole nitrogens is 3. The van der Waals surface area contributed by atoms with E-state index in [0.717, 1.165) is 83.3 Å². The quantitative estimate of drug-likeness (QED) is 0.135. The molecule has 252 valence electrons. The van der Waals surface area contributed by atoms with Crippen LogP contribution in [0.3, 0.4) is 0 Å². The van der Waals surface area contributed by atoms with Crippen molar-refractivity contribution in [3.05, 3.63) is 206 Å². The molecule has 5 heterocycles. The summed E-state index contributed by atoms with van der Waals surface area (Å²) >= 11 is 0. The second-order valence-electron chi connectivity index (χ2n) is 13.0. The first-order chi connectivity index (χ1) is 25.4. The van der Waals surface area contributed by atoms with Gasteiger partial charge in [-0.25, -0.2) is 0 Å². The first kappa shape index (κ1) is 30.7. The SMILES string of the molecule is Nc1ccccc1C1=c2ccc([nH]2)=Cc2ccc([nH]2)C(c2ccccc2N)=c2ccc(n2-c2ccccc2N)=C(c2ccccc2N)c2ccc1[nH]2. The van der Waals surface area contributed by atoms with E-state index < -0.39 is 0 Å². The van der Waals surface area contributed by atoms with Crippen LogP contribution in [0.25, 0.3) is 28.5 Å². The van der Waals surface area contributed by atoms with Gasteiger partial charge in [-0.2, -0.15) is 0 Å². The van der Waals surface area contributed by atoms with Crippen molar-refractivity contribution in [2.24, 2.45) is 0 Å². The number of nitrogen functional groups attached to an aromatic ring is 4. The highest BCUT2D eigenvalue weighted by atomic mass is 15.0. The molecule has 52 heavy (non-hydrogen) atoms. The summed E-state index contributed by atoms with van der Waals surface area (Å²) in [4.78, 5) is 11.1. The van der Waals surface area contributed by atoms with Crippen LogP contribution in [0.5, 0.6) is 0 Å². The number of nitrogens with zero attached hydrogens (tertiary/aromatic N) is 1. The summed E-state index contributed by atoms with van der Waals surface area (Å²) in [5.74, 6) is 0. The van der Waals surface area contributed by atoms with Crippen LogP contribution in [-0.2, 0) is 0 Å². The van der Waals surface area contributed by atoms with Crippen molar-refractivity contribution in [3.8, 4) is 5.69 Å². The third kappa shape index (κ3) is 5.09. The Morgan fingerprint density at radius 3 is 1.44 bits per heavy atom. The Hall–Kier alpha value is -7.32. The highest BCUT2D eigenvalue weighted by Crippen LogP contribution is 2.31. The van der Waals surface area contributed by atoms with Crippen molar-refractivity contribution in [1.29, 1.82) is 0 Å². The summed E-state index contributed by atoms with van der Waals surface area (Å²) in [6.07, 6.45) is 2.10. The van der Waals surface area contributed by atoms with Gasteiger partial charge in [-0.1, -0.05) is 66.7 Å². The number of anilines is 4. The molecule has 8 bridgehead atoms. The predicted molar refractivity (Wildman–Crippen MR) is 212 cm³/mol. The van der Waals surface area contributed by atoms with Gasteiger partial charge in [-0.05, 0) is 84.9 Å². The van der Waals surface area contributed by atoms with E-state index in [1.165, 1.54) is 0 Å². The number of fused-ring (bicyclic) bond motifs is 8. The van der Waals surface area contributed by atoms with E-state index in [1.807, 2.05) is 84.9 Å². The Balaban J connectivity index is 1.52. The minimum absolute atomic E-state index is 0.626. The molecule has 1 aliphatic heterocycles. The fourth-order valence-corrected chi connectivity index (χ4v) is 7.37. The number of hydrogen-bond donors (Lipinski definition) is 7. The average molecular weight is 677 g/mol. The van der Waals surface area contributed by atoms with Gasteiger partial charge in [0, 0.05) is 83.9 Å². The zero-order valence-corrected chi connectivity index (χ0v) is 28.2. The summed E-state index contributed by atoms with van der Waals surface area (Å²) in [5, 5.41) is 3.64. The van der Waals surface area contributed by atoms with Crippen LogP contribution in [0.15, 0.2) is 146 Å². The Bertz CT molecular complexity index is 2910. The van der Waals surface area contributed by atoms with Crippen LogP contribution in [0, 0.1) is 0 Å². The zero-order valence-electron chi connectivity index (χ0n) is 28.2. The van der Waals surface area contributed by atoms with Gasteiger partial charge >= 0.3 is 0 Å². The lowest BCUT2D eigenvalue weighted by Crippen LogP contribution is -2.30. The molecule has 0 radical (unpaired) electrons. The van der Waals surface area contributed by atoms with E-state index in [9.17, 15) is 0 Å². The summed E-state index contributed by atoms with van der Waals surface area (Å²) in [6.45, 7) is 0. The highest BCUT2D eigenvalue weighted by Gasteiger charge is 2.21. The molecular weight excluding hydrogens is 641 g/mol. The molecule has 0 aliphatic carbocycles. The molecule has 0 amide bonds. The van der Waals surface area contributed by atoms with Gasteiger partial charge in [0.2, 0.25) is 0 Å². The van der Waals surface area contributed by atoms with Crippen LogP contribution in [0.4, 0.5) is 22.7 Å². The number of hydrogen-bond acceptors (Lipinski definition) is 4. The summed E-state index contributed by atoms with van der Waals surface area (Å²) in [5.41, 5.74) is 39.5. The Kier molecular flexibility index (Phi) is 7.22. The Labute approximate surface area is 299 Å². The van der Waals surface area contributed by atoms with Crippen LogP contribution >= 0.6 is 0 Å².